The van der Waals surface area contributed by atoms with E-state index in [4.69, 9.17) is 0 Å². The Morgan fingerprint density at radius 3 is 1.38 bits per heavy atom. The topological polar surface area (TPSA) is 6.48 Å². The van der Waals surface area contributed by atoms with Crippen molar-refractivity contribution in [2.75, 3.05) is 27.2 Å². The van der Waals surface area contributed by atoms with Crippen LogP contribution in [-0.2, 0) is 0 Å². The quantitative estimate of drug-likeness (QED) is 0.727. The maximum Gasteiger partial charge on any atom is 0.0223 e. The minimum absolute atomic E-state index is 0.758. The molecule has 2 heteroatoms. The molecular formula is C14H30N2. The lowest BCUT2D eigenvalue weighted by Crippen LogP contribution is -2.56. The number of piperazine rings is 1. The molecule has 96 valence electrons. The van der Waals surface area contributed by atoms with Gasteiger partial charge in [-0.15, -0.1) is 0 Å². The van der Waals surface area contributed by atoms with Crippen molar-refractivity contribution in [3.8, 4) is 0 Å². The van der Waals surface area contributed by atoms with E-state index in [0.29, 0.717) is 0 Å². The van der Waals surface area contributed by atoms with E-state index < -0.39 is 0 Å². The highest BCUT2D eigenvalue weighted by molar-refractivity contribution is 4.86. The van der Waals surface area contributed by atoms with Crippen LogP contribution in [0, 0.1) is 11.8 Å². The van der Waals surface area contributed by atoms with Gasteiger partial charge >= 0.3 is 0 Å². The zero-order valence-corrected chi connectivity index (χ0v) is 12.0. The standard InChI is InChI=1S/C14H30N2/c1-11(2)7-13-9-16(6)14(8-12(3)4)10-15(13)5/h11-14H,7-10H2,1-6H3/t13-,14+. The van der Waals surface area contributed by atoms with Crippen LogP contribution in [0.1, 0.15) is 40.5 Å². The van der Waals surface area contributed by atoms with Crippen LogP contribution < -0.4 is 0 Å². The summed E-state index contributed by atoms with van der Waals surface area (Å²) in [4.78, 5) is 5.15. The van der Waals surface area contributed by atoms with Crippen molar-refractivity contribution in [2.45, 2.75) is 52.6 Å². The molecule has 1 aliphatic heterocycles. The van der Waals surface area contributed by atoms with Crippen LogP contribution in [-0.4, -0.2) is 49.1 Å². The highest BCUT2D eigenvalue weighted by atomic mass is 15.3. The second-order valence-electron chi connectivity index (χ2n) is 6.45. The van der Waals surface area contributed by atoms with Crippen LogP contribution in [0.4, 0.5) is 0 Å². The molecule has 0 amide bonds. The summed E-state index contributed by atoms with van der Waals surface area (Å²) < 4.78 is 0. The molecule has 1 fully saturated rings. The van der Waals surface area contributed by atoms with Gasteiger partial charge in [-0.1, -0.05) is 27.7 Å². The van der Waals surface area contributed by atoms with Crippen molar-refractivity contribution < 1.29 is 0 Å². The molecule has 0 bridgehead atoms. The van der Waals surface area contributed by atoms with Crippen molar-refractivity contribution in [3.05, 3.63) is 0 Å². The average molecular weight is 226 g/mol. The third-order valence-corrected chi connectivity index (χ3v) is 3.73. The highest BCUT2D eigenvalue weighted by Crippen LogP contribution is 2.21. The van der Waals surface area contributed by atoms with E-state index in [2.05, 4.69) is 51.6 Å². The summed E-state index contributed by atoms with van der Waals surface area (Å²) >= 11 is 0. The Bertz CT molecular complexity index is 179. The van der Waals surface area contributed by atoms with E-state index >= 15 is 0 Å². The van der Waals surface area contributed by atoms with Gasteiger partial charge in [-0.2, -0.15) is 0 Å². The Balaban J connectivity index is 2.49. The second-order valence-corrected chi connectivity index (χ2v) is 6.45. The zero-order valence-electron chi connectivity index (χ0n) is 12.0. The summed E-state index contributed by atoms with van der Waals surface area (Å²) in [6.07, 6.45) is 2.66. The van der Waals surface area contributed by atoms with Gasteiger partial charge < -0.3 is 9.80 Å². The monoisotopic (exact) mass is 226 g/mol. The molecule has 0 saturated carbocycles. The first-order chi connectivity index (χ1) is 7.40. The first kappa shape index (κ1) is 14.0. The van der Waals surface area contributed by atoms with Gasteiger partial charge in [-0.05, 0) is 38.8 Å². The predicted molar refractivity (Wildman–Crippen MR) is 71.7 cm³/mol. The Kier molecular flexibility index (Phi) is 5.26. The summed E-state index contributed by atoms with van der Waals surface area (Å²) in [7, 11) is 4.60. The minimum Gasteiger partial charge on any atom is -0.301 e. The third-order valence-electron chi connectivity index (χ3n) is 3.73. The molecule has 0 spiro atoms. The van der Waals surface area contributed by atoms with Gasteiger partial charge in [-0.3, -0.25) is 0 Å². The van der Waals surface area contributed by atoms with Gasteiger partial charge in [0, 0.05) is 25.2 Å². The van der Waals surface area contributed by atoms with E-state index in [1.165, 1.54) is 25.9 Å². The van der Waals surface area contributed by atoms with Gasteiger partial charge in [0.1, 0.15) is 0 Å². The van der Waals surface area contributed by atoms with Crippen LogP contribution in [0.3, 0.4) is 0 Å². The van der Waals surface area contributed by atoms with Crippen molar-refractivity contribution in [2.24, 2.45) is 11.8 Å². The van der Waals surface area contributed by atoms with Crippen LogP contribution in [0.25, 0.3) is 0 Å². The van der Waals surface area contributed by atoms with Crippen molar-refractivity contribution in [1.29, 1.82) is 0 Å². The zero-order chi connectivity index (χ0) is 12.3. The average Bonchev–Trinajstić information content (AvgIpc) is 2.11. The van der Waals surface area contributed by atoms with E-state index in [1.54, 1.807) is 0 Å². The number of nitrogens with zero attached hydrogens (tertiary/aromatic N) is 2. The van der Waals surface area contributed by atoms with Crippen LogP contribution in [0.2, 0.25) is 0 Å². The van der Waals surface area contributed by atoms with Crippen LogP contribution >= 0.6 is 0 Å². The molecule has 0 aromatic rings. The van der Waals surface area contributed by atoms with Crippen molar-refractivity contribution in [3.63, 3.8) is 0 Å². The molecule has 0 aromatic heterocycles. The molecule has 1 aliphatic rings. The van der Waals surface area contributed by atoms with E-state index in [0.717, 1.165) is 23.9 Å². The Hall–Kier alpha value is -0.0800. The Morgan fingerprint density at radius 2 is 1.12 bits per heavy atom. The molecule has 0 aromatic carbocycles. The second kappa shape index (κ2) is 6.02. The lowest BCUT2D eigenvalue weighted by molar-refractivity contribution is 0.0443. The van der Waals surface area contributed by atoms with Gasteiger partial charge in [-0.25, -0.2) is 0 Å². The van der Waals surface area contributed by atoms with Gasteiger partial charge in [0.15, 0.2) is 0 Å². The fourth-order valence-corrected chi connectivity index (χ4v) is 2.84. The SMILES string of the molecule is CC(C)C[C@@H]1CN(C)[C@@H](CC(C)C)CN1C. The van der Waals surface area contributed by atoms with E-state index in [-0.39, 0.29) is 0 Å². The molecule has 2 nitrogen and oxygen atoms in total. The molecule has 1 heterocycles. The maximum absolute atomic E-state index is 2.58. The van der Waals surface area contributed by atoms with Crippen molar-refractivity contribution >= 4 is 0 Å². The molecule has 2 atom stereocenters. The summed E-state index contributed by atoms with van der Waals surface area (Å²) in [6.45, 7) is 11.8. The fraction of sp³-hybridized carbons (Fsp3) is 1.00. The number of likely N-dealkylation sites (N-methyl/N-ethyl adjacent to an activating group) is 2. The molecule has 1 rings (SSSR count). The summed E-state index contributed by atoms with van der Waals surface area (Å²) in [5, 5.41) is 0. The van der Waals surface area contributed by atoms with E-state index in [1.807, 2.05) is 0 Å². The van der Waals surface area contributed by atoms with Crippen LogP contribution in [0.15, 0.2) is 0 Å². The van der Waals surface area contributed by atoms with Gasteiger partial charge in [0.2, 0.25) is 0 Å². The number of hydrogen-bond acceptors (Lipinski definition) is 2. The van der Waals surface area contributed by atoms with Crippen molar-refractivity contribution in [1.82, 2.24) is 9.80 Å². The highest BCUT2D eigenvalue weighted by Gasteiger charge is 2.29. The summed E-state index contributed by atoms with van der Waals surface area (Å²) in [6, 6.07) is 1.52. The smallest absolute Gasteiger partial charge is 0.0223 e. The fourth-order valence-electron chi connectivity index (χ4n) is 2.84. The molecule has 1 saturated heterocycles. The summed E-state index contributed by atoms with van der Waals surface area (Å²) in [5.74, 6) is 1.62. The van der Waals surface area contributed by atoms with Gasteiger partial charge in [0.05, 0.1) is 0 Å². The lowest BCUT2D eigenvalue weighted by Gasteiger charge is -2.44. The molecule has 0 N–H and O–H groups in total. The van der Waals surface area contributed by atoms with Gasteiger partial charge in [0.25, 0.3) is 0 Å². The molecular weight excluding hydrogens is 196 g/mol. The Morgan fingerprint density at radius 1 is 0.812 bits per heavy atom. The largest absolute Gasteiger partial charge is 0.301 e. The molecule has 0 aliphatic carbocycles. The summed E-state index contributed by atoms with van der Waals surface area (Å²) in [5.41, 5.74) is 0. The molecule has 0 radical (unpaired) electrons. The molecule has 16 heavy (non-hydrogen) atoms. The minimum atomic E-state index is 0.758. The first-order valence-corrected chi connectivity index (χ1v) is 6.80. The normalized spacial score (nSPS) is 29.2. The van der Waals surface area contributed by atoms with Crippen LogP contribution in [0.5, 0.6) is 0 Å². The number of hydrogen-bond donors (Lipinski definition) is 0. The third kappa shape index (κ3) is 4.06. The maximum atomic E-state index is 2.58. The number of rotatable bonds is 4. The predicted octanol–water partition coefficient (Wildman–Crippen LogP) is 2.69. The first-order valence-electron chi connectivity index (χ1n) is 6.80. The molecule has 0 unspecified atom stereocenters. The Labute approximate surface area is 102 Å². The van der Waals surface area contributed by atoms with E-state index in [9.17, 15) is 0 Å². The lowest BCUT2D eigenvalue weighted by atomic mass is 9.95.